The molecule has 1 N–H and O–H groups in total. The summed E-state index contributed by atoms with van der Waals surface area (Å²) in [5, 5.41) is 2.94. The van der Waals surface area contributed by atoms with Crippen LogP contribution in [0.15, 0.2) is 67.0 Å². The van der Waals surface area contributed by atoms with Crippen LogP contribution >= 0.6 is 0 Å². The smallest absolute Gasteiger partial charge is 0.253 e. The largest absolute Gasteiger partial charge is 0.470 e. The summed E-state index contributed by atoms with van der Waals surface area (Å²) in [5.74, 6) is 1.21. The van der Waals surface area contributed by atoms with Crippen molar-refractivity contribution >= 4 is 11.7 Å². The second-order valence-corrected chi connectivity index (χ2v) is 7.36. The molecule has 3 heterocycles. The van der Waals surface area contributed by atoms with Crippen molar-refractivity contribution < 1.29 is 14.3 Å². The zero-order valence-electron chi connectivity index (χ0n) is 17.5. The van der Waals surface area contributed by atoms with Crippen LogP contribution in [-0.2, 0) is 11.3 Å². The van der Waals surface area contributed by atoms with Crippen molar-refractivity contribution in [2.45, 2.75) is 19.6 Å². The number of aromatic nitrogens is 2. The van der Waals surface area contributed by atoms with Crippen LogP contribution in [0, 0.1) is 0 Å². The molecule has 1 amide bonds. The number of hydrogen-bond acceptors (Lipinski definition) is 6. The molecule has 1 aliphatic heterocycles. The number of ether oxygens (including phenoxy) is 2. The zero-order chi connectivity index (χ0) is 21.5. The van der Waals surface area contributed by atoms with Crippen LogP contribution in [0.2, 0.25) is 0 Å². The molecule has 0 bridgehead atoms. The lowest BCUT2D eigenvalue weighted by atomic mass is 10.1. The quantitative estimate of drug-likeness (QED) is 0.634. The number of anilines is 1. The Kier molecular flexibility index (Phi) is 6.74. The van der Waals surface area contributed by atoms with Gasteiger partial charge in [0.15, 0.2) is 0 Å². The van der Waals surface area contributed by atoms with Crippen molar-refractivity contribution in [1.82, 2.24) is 15.3 Å². The molecular weight excluding hydrogens is 392 g/mol. The number of morpholine rings is 1. The van der Waals surface area contributed by atoms with E-state index < -0.39 is 0 Å². The van der Waals surface area contributed by atoms with Gasteiger partial charge in [0, 0.05) is 38.1 Å². The summed E-state index contributed by atoms with van der Waals surface area (Å²) in [6.45, 7) is 5.45. The van der Waals surface area contributed by atoms with Crippen molar-refractivity contribution in [3.05, 3.63) is 83.7 Å². The van der Waals surface area contributed by atoms with Gasteiger partial charge in [0.05, 0.1) is 18.8 Å². The first kappa shape index (κ1) is 20.8. The third-order valence-corrected chi connectivity index (χ3v) is 5.16. The Morgan fingerprint density at radius 2 is 1.94 bits per heavy atom. The normalized spacial score (nSPS) is 14.7. The van der Waals surface area contributed by atoms with Gasteiger partial charge < -0.3 is 19.7 Å². The number of nitrogens with one attached hydrogen (secondary N) is 1. The van der Waals surface area contributed by atoms with Crippen molar-refractivity contribution in [3.8, 4) is 5.88 Å². The molecule has 4 rings (SSSR count). The highest BCUT2D eigenvalue weighted by molar-refractivity contribution is 5.93. The lowest BCUT2D eigenvalue weighted by molar-refractivity contribution is 0.0950. The highest BCUT2D eigenvalue weighted by Gasteiger charge is 2.13. The molecule has 0 spiro atoms. The maximum Gasteiger partial charge on any atom is 0.253 e. The maximum atomic E-state index is 12.5. The average Bonchev–Trinajstić information content (AvgIpc) is 2.84. The minimum atomic E-state index is -0.181. The molecule has 1 aromatic carbocycles. The Hall–Kier alpha value is -3.45. The van der Waals surface area contributed by atoms with Crippen LogP contribution < -0.4 is 15.0 Å². The molecule has 2 aromatic heterocycles. The van der Waals surface area contributed by atoms with Crippen LogP contribution in [0.1, 0.15) is 34.5 Å². The lowest BCUT2D eigenvalue weighted by Gasteiger charge is -2.28. The van der Waals surface area contributed by atoms with Crippen LogP contribution in [-0.4, -0.2) is 42.2 Å². The van der Waals surface area contributed by atoms with Crippen molar-refractivity contribution in [2.24, 2.45) is 0 Å². The Balaban J connectivity index is 1.32. The first-order valence-electron chi connectivity index (χ1n) is 10.4. The van der Waals surface area contributed by atoms with Crippen molar-refractivity contribution in [2.75, 3.05) is 31.2 Å². The standard InChI is InChI=1S/C24H26N4O3/c1-18(20-5-3-2-4-6-20)31-23-8-7-21(17-26-23)24(29)27-16-19-9-10-25-22(15-19)28-11-13-30-14-12-28/h2-10,15,17-18H,11-14,16H2,1H3,(H,27,29)/t18-/m0/s1. The van der Waals surface area contributed by atoms with Crippen molar-refractivity contribution in [1.29, 1.82) is 0 Å². The number of benzene rings is 1. The molecular formula is C24H26N4O3. The highest BCUT2D eigenvalue weighted by atomic mass is 16.5. The van der Waals surface area contributed by atoms with Crippen LogP contribution in [0.5, 0.6) is 5.88 Å². The fourth-order valence-electron chi connectivity index (χ4n) is 3.38. The average molecular weight is 418 g/mol. The van der Waals surface area contributed by atoms with Gasteiger partial charge in [-0.1, -0.05) is 30.3 Å². The Morgan fingerprint density at radius 1 is 1.13 bits per heavy atom. The molecule has 31 heavy (non-hydrogen) atoms. The number of nitrogens with zero attached hydrogens (tertiary/aromatic N) is 3. The molecule has 0 aliphatic carbocycles. The summed E-state index contributed by atoms with van der Waals surface area (Å²) >= 11 is 0. The molecule has 7 nitrogen and oxygen atoms in total. The topological polar surface area (TPSA) is 76.6 Å². The molecule has 1 saturated heterocycles. The first-order chi connectivity index (χ1) is 15.2. The summed E-state index contributed by atoms with van der Waals surface area (Å²) < 4.78 is 11.3. The van der Waals surface area contributed by atoms with Gasteiger partial charge >= 0.3 is 0 Å². The predicted octanol–water partition coefficient (Wildman–Crippen LogP) is 3.38. The molecule has 3 aromatic rings. The zero-order valence-corrected chi connectivity index (χ0v) is 17.5. The van der Waals surface area contributed by atoms with E-state index in [-0.39, 0.29) is 12.0 Å². The Bertz CT molecular complexity index is 989. The van der Waals surface area contributed by atoms with Gasteiger partial charge in [0.1, 0.15) is 11.9 Å². The number of carbonyl (C=O) groups is 1. The highest BCUT2D eigenvalue weighted by Crippen LogP contribution is 2.20. The molecule has 0 unspecified atom stereocenters. The molecule has 1 atom stereocenters. The predicted molar refractivity (Wildman–Crippen MR) is 118 cm³/mol. The van der Waals surface area contributed by atoms with E-state index in [9.17, 15) is 4.79 Å². The lowest BCUT2D eigenvalue weighted by Crippen LogP contribution is -2.36. The Morgan fingerprint density at radius 3 is 2.68 bits per heavy atom. The summed E-state index contributed by atoms with van der Waals surface area (Å²) in [7, 11) is 0. The molecule has 7 heteroatoms. The van der Waals surface area contributed by atoms with Gasteiger partial charge in [-0.25, -0.2) is 9.97 Å². The van der Waals surface area contributed by atoms with E-state index in [1.165, 1.54) is 6.20 Å². The summed E-state index contributed by atoms with van der Waals surface area (Å²) in [6, 6.07) is 17.3. The van der Waals surface area contributed by atoms with E-state index in [1.54, 1.807) is 18.3 Å². The second kappa shape index (κ2) is 10.0. The number of rotatable bonds is 7. The monoisotopic (exact) mass is 418 g/mol. The third kappa shape index (κ3) is 5.58. The van der Waals surface area contributed by atoms with E-state index in [0.29, 0.717) is 31.2 Å². The van der Waals surface area contributed by atoms with Gasteiger partial charge in [-0.3, -0.25) is 4.79 Å². The second-order valence-electron chi connectivity index (χ2n) is 7.36. The number of hydrogen-bond donors (Lipinski definition) is 1. The number of amides is 1. The van der Waals surface area contributed by atoms with E-state index >= 15 is 0 Å². The Labute approximate surface area is 182 Å². The first-order valence-corrected chi connectivity index (χ1v) is 10.4. The van der Waals surface area contributed by atoms with E-state index in [1.807, 2.05) is 49.4 Å². The molecule has 0 radical (unpaired) electrons. The van der Waals surface area contributed by atoms with Crippen LogP contribution in [0.4, 0.5) is 5.82 Å². The van der Waals surface area contributed by atoms with E-state index in [2.05, 4.69) is 20.2 Å². The molecule has 1 fully saturated rings. The van der Waals surface area contributed by atoms with Gasteiger partial charge in [-0.15, -0.1) is 0 Å². The maximum absolute atomic E-state index is 12.5. The van der Waals surface area contributed by atoms with Gasteiger partial charge in [-0.2, -0.15) is 0 Å². The van der Waals surface area contributed by atoms with Crippen LogP contribution in [0.3, 0.4) is 0 Å². The molecule has 160 valence electrons. The third-order valence-electron chi connectivity index (χ3n) is 5.16. The van der Waals surface area contributed by atoms with Crippen LogP contribution in [0.25, 0.3) is 0 Å². The van der Waals surface area contributed by atoms with Gasteiger partial charge in [0.2, 0.25) is 5.88 Å². The summed E-state index contributed by atoms with van der Waals surface area (Å²) in [5.41, 5.74) is 2.55. The SMILES string of the molecule is C[C@H](Oc1ccc(C(=O)NCc2ccnc(N3CCOCC3)c2)cn1)c1ccccc1. The van der Waals surface area contributed by atoms with E-state index in [0.717, 1.165) is 30.0 Å². The van der Waals surface area contributed by atoms with Gasteiger partial charge in [-0.05, 0) is 36.2 Å². The van der Waals surface area contributed by atoms with Crippen molar-refractivity contribution in [3.63, 3.8) is 0 Å². The fourth-order valence-corrected chi connectivity index (χ4v) is 3.38. The van der Waals surface area contributed by atoms with Gasteiger partial charge in [0.25, 0.3) is 5.91 Å². The summed E-state index contributed by atoms with van der Waals surface area (Å²) in [6.07, 6.45) is 3.18. The number of carbonyl (C=O) groups excluding carboxylic acids is 1. The fraction of sp³-hybridized carbons (Fsp3) is 0.292. The number of pyridine rings is 2. The molecule has 0 saturated carbocycles. The minimum absolute atomic E-state index is 0.124. The molecule has 1 aliphatic rings. The summed E-state index contributed by atoms with van der Waals surface area (Å²) in [4.78, 5) is 23.4. The minimum Gasteiger partial charge on any atom is -0.470 e. The van der Waals surface area contributed by atoms with E-state index in [4.69, 9.17) is 9.47 Å².